The number of nitrogens with zero attached hydrogens (tertiary/aromatic N) is 3. The molecule has 168 valence electrons. The van der Waals surface area contributed by atoms with Crippen molar-refractivity contribution in [2.24, 2.45) is 5.73 Å². The van der Waals surface area contributed by atoms with Gasteiger partial charge in [-0.1, -0.05) is 12.1 Å². The normalized spacial score (nSPS) is 15.9. The molecule has 0 saturated carbocycles. The molecule has 4 heterocycles. The van der Waals surface area contributed by atoms with E-state index in [-0.39, 0.29) is 28.2 Å². The summed E-state index contributed by atoms with van der Waals surface area (Å²) in [4.78, 5) is 47.5. The lowest BCUT2D eigenvalue weighted by atomic mass is 9.84. The number of aromatic nitrogens is 3. The lowest BCUT2D eigenvalue weighted by Gasteiger charge is -2.26. The van der Waals surface area contributed by atoms with Crippen LogP contribution < -0.4 is 20.5 Å². The van der Waals surface area contributed by atoms with Crippen molar-refractivity contribution >= 4 is 40.7 Å². The van der Waals surface area contributed by atoms with Crippen LogP contribution in [0.4, 0.5) is 0 Å². The molecule has 0 saturated heterocycles. The fourth-order valence-corrected chi connectivity index (χ4v) is 4.82. The second-order valence-electron chi connectivity index (χ2n) is 6.99. The highest BCUT2D eigenvalue weighted by Crippen LogP contribution is 2.37. The molecule has 0 fully saturated rings. The van der Waals surface area contributed by atoms with Crippen LogP contribution in [-0.2, 0) is 19.1 Å². The fraction of sp³-hybridized carbons (Fsp3) is 0.174. The molecule has 0 bridgehead atoms. The van der Waals surface area contributed by atoms with E-state index in [0.717, 1.165) is 15.9 Å². The minimum absolute atomic E-state index is 0.0334. The van der Waals surface area contributed by atoms with Crippen LogP contribution >= 0.6 is 11.3 Å². The van der Waals surface area contributed by atoms with Gasteiger partial charge in [0.2, 0.25) is 0 Å². The van der Waals surface area contributed by atoms with Gasteiger partial charge in [0.05, 0.1) is 35.3 Å². The van der Waals surface area contributed by atoms with Crippen molar-refractivity contribution in [3.63, 3.8) is 0 Å². The number of fused-ring (bicyclic) bond motifs is 1. The predicted octanol–water partition coefficient (Wildman–Crippen LogP) is 0.340. The van der Waals surface area contributed by atoms with E-state index in [9.17, 15) is 14.4 Å². The Labute approximate surface area is 192 Å². The minimum atomic E-state index is -0.922. The molecule has 4 rings (SSSR count). The lowest BCUT2D eigenvalue weighted by Crippen LogP contribution is -2.41. The number of thiazole rings is 1. The van der Waals surface area contributed by atoms with E-state index in [2.05, 4.69) is 9.97 Å². The molecule has 2 N–H and O–H groups in total. The van der Waals surface area contributed by atoms with E-state index in [1.54, 1.807) is 55.9 Å². The zero-order chi connectivity index (χ0) is 23.5. The Morgan fingerprint density at radius 3 is 2.48 bits per heavy atom. The first-order valence-corrected chi connectivity index (χ1v) is 10.8. The van der Waals surface area contributed by atoms with Crippen molar-refractivity contribution in [3.8, 4) is 0 Å². The number of pyridine rings is 2. The van der Waals surface area contributed by atoms with Gasteiger partial charge >= 0.3 is 11.9 Å². The molecular formula is C23H20N4O5S. The molecule has 1 atom stereocenters. The van der Waals surface area contributed by atoms with Crippen molar-refractivity contribution in [1.29, 1.82) is 0 Å². The molecule has 10 heteroatoms. The molecule has 3 aromatic rings. The monoisotopic (exact) mass is 464 g/mol. The van der Waals surface area contributed by atoms with E-state index < -0.39 is 23.4 Å². The lowest BCUT2D eigenvalue weighted by molar-refractivity contribution is -0.136. The summed E-state index contributed by atoms with van der Waals surface area (Å²) in [5.41, 5.74) is 7.23. The van der Waals surface area contributed by atoms with E-state index in [4.69, 9.17) is 15.2 Å². The molecule has 1 aliphatic rings. The average Bonchev–Trinajstić information content (AvgIpc) is 3.15. The summed E-state index contributed by atoms with van der Waals surface area (Å²) in [7, 11) is 1.21. The zero-order valence-corrected chi connectivity index (χ0v) is 18.7. The second-order valence-corrected chi connectivity index (χ2v) is 8.02. The maximum Gasteiger partial charge on any atom is 0.338 e. The number of hydrogen-bond acceptors (Lipinski definition) is 9. The van der Waals surface area contributed by atoms with Crippen molar-refractivity contribution in [3.05, 3.63) is 85.3 Å². The molecule has 0 amide bonds. The van der Waals surface area contributed by atoms with E-state index >= 15 is 0 Å². The summed E-state index contributed by atoms with van der Waals surface area (Å²) in [5.74, 6) is -2.45. The number of esters is 2. The molecule has 0 radical (unpaired) electrons. The molecule has 1 unspecified atom stereocenters. The average molecular weight is 465 g/mol. The number of hydrogen-bond donors (Lipinski definition) is 1. The topological polar surface area (TPSA) is 126 Å². The van der Waals surface area contributed by atoms with E-state index in [1.807, 2.05) is 0 Å². The first-order valence-electron chi connectivity index (χ1n) is 10.0. The van der Waals surface area contributed by atoms with Gasteiger partial charge in [0.25, 0.3) is 5.56 Å². The molecule has 0 aliphatic carbocycles. The Morgan fingerprint density at radius 1 is 1.15 bits per heavy atom. The van der Waals surface area contributed by atoms with Crippen molar-refractivity contribution in [1.82, 2.24) is 14.5 Å². The Balaban J connectivity index is 2.13. The summed E-state index contributed by atoms with van der Waals surface area (Å²) in [6.45, 7) is 1.79. The van der Waals surface area contributed by atoms with Crippen molar-refractivity contribution in [2.75, 3.05) is 13.7 Å². The quantitative estimate of drug-likeness (QED) is 0.536. The third kappa shape index (κ3) is 3.96. The Kier molecular flexibility index (Phi) is 6.18. The van der Waals surface area contributed by atoms with Crippen molar-refractivity contribution < 1.29 is 19.1 Å². The van der Waals surface area contributed by atoms with Crippen LogP contribution in [0.5, 0.6) is 0 Å². The summed E-state index contributed by atoms with van der Waals surface area (Å²) in [6.07, 6.45) is 7.99. The second kappa shape index (κ2) is 9.21. The van der Waals surface area contributed by atoms with Crippen LogP contribution in [0.15, 0.2) is 59.4 Å². The summed E-state index contributed by atoms with van der Waals surface area (Å²) in [6, 6.07) is 6.94. The van der Waals surface area contributed by atoms with Crippen LogP contribution in [0.3, 0.4) is 0 Å². The molecular weight excluding hydrogens is 444 g/mol. The van der Waals surface area contributed by atoms with Gasteiger partial charge < -0.3 is 15.2 Å². The highest BCUT2D eigenvalue weighted by Gasteiger charge is 2.39. The third-order valence-electron chi connectivity index (χ3n) is 5.05. The minimum Gasteiger partial charge on any atom is -0.466 e. The Morgan fingerprint density at radius 2 is 1.88 bits per heavy atom. The van der Waals surface area contributed by atoms with Gasteiger partial charge in [-0.3, -0.25) is 19.3 Å². The Hall–Kier alpha value is -4.05. The highest BCUT2D eigenvalue weighted by molar-refractivity contribution is 7.07. The van der Waals surface area contributed by atoms with E-state index in [0.29, 0.717) is 15.7 Å². The maximum absolute atomic E-state index is 13.3. The number of methoxy groups -OCH3 is 1. The van der Waals surface area contributed by atoms with Crippen LogP contribution in [0.1, 0.15) is 24.0 Å². The van der Waals surface area contributed by atoms with Gasteiger partial charge in [0, 0.05) is 24.8 Å². The van der Waals surface area contributed by atoms with Gasteiger partial charge in [-0.15, -0.1) is 11.3 Å². The SMILES string of the molecule is CCOC(=O)C1=c2sc(=Cc3cccnc3)c(=O)n2C(N)=C(C(=O)OC)C1c1cccnc1. The first-order chi connectivity index (χ1) is 16.0. The van der Waals surface area contributed by atoms with Crippen LogP contribution in [0.25, 0.3) is 17.5 Å². The highest BCUT2D eigenvalue weighted by atomic mass is 32.1. The number of ether oxygens (including phenoxy) is 2. The van der Waals surface area contributed by atoms with Gasteiger partial charge in [0.15, 0.2) is 0 Å². The number of carbonyl (C=O) groups excluding carboxylic acids is 2. The van der Waals surface area contributed by atoms with E-state index in [1.165, 1.54) is 13.3 Å². The molecule has 3 aromatic heterocycles. The summed E-state index contributed by atoms with van der Waals surface area (Å²) >= 11 is 1.09. The smallest absolute Gasteiger partial charge is 0.338 e. The fourth-order valence-electron chi connectivity index (χ4n) is 3.66. The number of carbonyl (C=O) groups is 2. The van der Waals surface area contributed by atoms with Gasteiger partial charge in [-0.05, 0) is 36.3 Å². The summed E-state index contributed by atoms with van der Waals surface area (Å²) < 4.78 is 12.0. The number of nitrogens with two attached hydrogens (primary N) is 1. The van der Waals surface area contributed by atoms with Crippen LogP contribution in [0.2, 0.25) is 0 Å². The first kappa shape index (κ1) is 22.2. The van der Waals surface area contributed by atoms with Crippen LogP contribution in [0, 0.1) is 0 Å². The van der Waals surface area contributed by atoms with Crippen molar-refractivity contribution in [2.45, 2.75) is 12.8 Å². The molecule has 1 aliphatic heterocycles. The van der Waals surface area contributed by atoms with Gasteiger partial charge in [-0.25, -0.2) is 9.59 Å². The molecule has 33 heavy (non-hydrogen) atoms. The Bertz CT molecular complexity index is 1420. The van der Waals surface area contributed by atoms with Gasteiger partial charge in [-0.2, -0.15) is 0 Å². The summed E-state index contributed by atoms with van der Waals surface area (Å²) in [5, 5.41) is 0. The molecule has 0 aromatic carbocycles. The predicted molar refractivity (Wildman–Crippen MR) is 122 cm³/mol. The standard InChI is InChI=1S/C23H20N4O5S/c1-3-32-23(30)18-16(14-7-5-9-26-12-14)17(22(29)31-2)19(24)27-20(28)15(33-21(18)27)10-13-6-4-8-25-11-13/h4-12,16H,3,24H2,1-2H3. The zero-order valence-electron chi connectivity index (χ0n) is 17.8. The number of rotatable bonds is 5. The third-order valence-corrected chi connectivity index (χ3v) is 6.16. The van der Waals surface area contributed by atoms with Gasteiger partial charge in [0.1, 0.15) is 10.5 Å². The largest absolute Gasteiger partial charge is 0.466 e. The molecule has 0 spiro atoms. The maximum atomic E-state index is 13.3. The molecule has 9 nitrogen and oxygen atoms in total. The van der Waals surface area contributed by atoms with Crippen LogP contribution in [-0.4, -0.2) is 40.2 Å².